The molecule has 0 unspecified atom stereocenters. The Morgan fingerprint density at radius 3 is 2.65 bits per heavy atom. The lowest BCUT2D eigenvalue weighted by atomic mass is 10.3. The third-order valence-electron chi connectivity index (χ3n) is 2.97. The fourth-order valence-electron chi connectivity index (χ4n) is 1.90. The monoisotopic (exact) mass is 288 g/mol. The van der Waals surface area contributed by atoms with Crippen molar-refractivity contribution in [3.63, 3.8) is 0 Å². The summed E-state index contributed by atoms with van der Waals surface area (Å²) in [5.74, 6) is -0.216. The summed E-state index contributed by atoms with van der Waals surface area (Å²) in [6.07, 6.45) is 3.02. The van der Waals surface area contributed by atoms with E-state index in [1.54, 1.807) is 19.1 Å². The Balaban J connectivity index is 2.01. The van der Waals surface area contributed by atoms with Crippen LogP contribution in [0.1, 0.15) is 11.4 Å². The number of nitrogens with zero attached hydrogens (tertiary/aromatic N) is 3. The summed E-state index contributed by atoms with van der Waals surface area (Å²) in [5.41, 5.74) is 2.36. The summed E-state index contributed by atoms with van der Waals surface area (Å²) < 4.78 is 24.7. The number of hydrogen-bond donors (Lipinski definition) is 1. The third kappa shape index (κ3) is 2.27. The Labute approximate surface area is 115 Å². The fourth-order valence-corrected chi connectivity index (χ4v) is 3.19. The Bertz CT molecular complexity index is 838. The summed E-state index contributed by atoms with van der Waals surface area (Å²) in [6.45, 7) is 1.73. The predicted octanol–water partition coefficient (Wildman–Crippen LogP) is 1.64. The molecule has 6 nitrogen and oxygen atoms in total. The molecule has 0 saturated carbocycles. The van der Waals surface area contributed by atoms with Crippen LogP contribution in [0.4, 0.5) is 0 Å². The van der Waals surface area contributed by atoms with Gasteiger partial charge in [0.25, 0.3) is 0 Å². The predicted molar refractivity (Wildman–Crippen MR) is 73.8 cm³/mol. The molecule has 0 bridgehead atoms. The number of aromatic amines is 1. The molecule has 1 aromatic carbocycles. The summed E-state index contributed by atoms with van der Waals surface area (Å²) >= 11 is 0. The molecule has 0 aliphatic rings. The lowest BCUT2D eigenvalue weighted by Crippen LogP contribution is -2.10. The van der Waals surface area contributed by atoms with E-state index in [9.17, 15) is 8.42 Å². The first-order chi connectivity index (χ1) is 9.56. The second kappa shape index (κ2) is 4.68. The van der Waals surface area contributed by atoms with Crippen LogP contribution in [0.15, 0.2) is 41.8 Å². The maximum absolute atomic E-state index is 12.4. The molecule has 20 heavy (non-hydrogen) atoms. The number of aryl methyl sites for hydroxylation is 1. The zero-order valence-electron chi connectivity index (χ0n) is 10.7. The van der Waals surface area contributed by atoms with Gasteiger partial charge in [0.05, 0.1) is 22.4 Å². The molecule has 0 aliphatic carbocycles. The van der Waals surface area contributed by atoms with Gasteiger partial charge in [0.1, 0.15) is 5.75 Å². The Morgan fingerprint density at radius 1 is 1.15 bits per heavy atom. The van der Waals surface area contributed by atoms with Gasteiger partial charge < -0.3 is 4.98 Å². The number of benzene rings is 1. The van der Waals surface area contributed by atoms with E-state index in [0.717, 1.165) is 0 Å². The summed E-state index contributed by atoms with van der Waals surface area (Å²) in [5, 5.41) is -0.0382. The van der Waals surface area contributed by atoms with Gasteiger partial charge in [-0.2, -0.15) is 0 Å². The van der Waals surface area contributed by atoms with Crippen molar-refractivity contribution in [1.82, 2.24) is 19.9 Å². The van der Waals surface area contributed by atoms with Gasteiger partial charge in [-0.3, -0.25) is 9.97 Å². The SMILES string of the molecule is Cc1nccnc1CS(=O)(=O)c1nc2ccccc2[nH]1. The molecule has 0 spiro atoms. The molecule has 2 heterocycles. The first kappa shape index (κ1) is 12.7. The van der Waals surface area contributed by atoms with Crippen molar-refractivity contribution in [2.45, 2.75) is 17.8 Å². The quantitative estimate of drug-likeness (QED) is 0.791. The van der Waals surface area contributed by atoms with Gasteiger partial charge in [-0.05, 0) is 19.1 Å². The van der Waals surface area contributed by atoms with Crippen molar-refractivity contribution in [3.05, 3.63) is 48.0 Å². The summed E-state index contributed by atoms with van der Waals surface area (Å²) in [7, 11) is -3.57. The second-order valence-electron chi connectivity index (χ2n) is 4.41. The van der Waals surface area contributed by atoms with Crippen molar-refractivity contribution in [1.29, 1.82) is 0 Å². The van der Waals surface area contributed by atoms with E-state index >= 15 is 0 Å². The number of H-pyrrole nitrogens is 1. The van der Waals surface area contributed by atoms with E-state index in [0.29, 0.717) is 22.4 Å². The first-order valence-electron chi connectivity index (χ1n) is 6.00. The average Bonchev–Trinajstić information content (AvgIpc) is 2.86. The van der Waals surface area contributed by atoms with Crippen molar-refractivity contribution in [2.75, 3.05) is 0 Å². The molecule has 3 aromatic rings. The van der Waals surface area contributed by atoms with Crippen molar-refractivity contribution in [2.24, 2.45) is 0 Å². The van der Waals surface area contributed by atoms with Crippen LogP contribution in [0.3, 0.4) is 0 Å². The van der Waals surface area contributed by atoms with Crippen LogP contribution < -0.4 is 0 Å². The number of para-hydroxylation sites is 2. The summed E-state index contributed by atoms with van der Waals surface area (Å²) in [6, 6.07) is 7.18. The van der Waals surface area contributed by atoms with Crippen molar-refractivity contribution < 1.29 is 8.42 Å². The first-order valence-corrected chi connectivity index (χ1v) is 7.65. The maximum atomic E-state index is 12.4. The van der Waals surface area contributed by atoms with E-state index in [4.69, 9.17) is 0 Å². The number of imidazole rings is 1. The highest BCUT2D eigenvalue weighted by Crippen LogP contribution is 2.17. The minimum absolute atomic E-state index is 0.0382. The number of nitrogens with one attached hydrogen (secondary N) is 1. The number of sulfone groups is 1. The molecule has 1 N–H and O–H groups in total. The fraction of sp³-hybridized carbons (Fsp3) is 0.154. The molecule has 0 aliphatic heterocycles. The highest BCUT2D eigenvalue weighted by molar-refractivity contribution is 7.90. The minimum Gasteiger partial charge on any atom is -0.329 e. The molecular formula is C13H12N4O2S. The Morgan fingerprint density at radius 2 is 1.90 bits per heavy atom. The Hall–Kier alpha value is -2.28. The van der Waals surface area contributed by atoms with E-state index in [1.165, 1.54) is 12.4 Å². The maximum Gasteiger partial charge on any atom is 0.226 e. The number of aromatic nitrogens is 4. The van der Waals surface area contributed by atoms with Crippen LogP contribution in [-0.2, 0) is 15.6 Å². The van der Waals surface area contributed by atoms with Crippen LogP contribution in [0.2, 0.25) is 0 Å². The molecule has 3 rings (SSSR count). The second-order valence-corrected chi connectivity index (χ2v) is 6.31. The number of hydrogen-bond acceptors (Lipinski definition) is 5. The lowest BCUT2D eigenvalue weighted by molar-refractivity contribution is 0.587. The zero-order valence-corrected chi connectivity index (χ0v) is 11.6. The van der Waals surface area contributed by atoms with E-state index in [-0.39, 0.29) is 10.9 Å². The average molecular weight is 288 g/mol. The highest BCUT2D eigenvalue weighted by atomic mass is 32.2. The molecule has 7 heteroatoms. The van der Waals surface area contributed by atoms with Crippen molar-refractivity contribution in [3.8, 4) is 0 Å². The van der Waals surface area contributed by atoms with Gasteiger partial charge in [-0.25, -0.2) is 13.4 Å². The van der Waals surface area contributed by atoms with Gasteiger partial charge in [-0.1, -0.05) is 12.1 Å². The normalized spacial score (nSPS) is 11.8. The van der Waals surface area contributed by atoms with E-state index < -0.39 is 9.84 Å². The minimum atomic E-state index is -3.57. The van der Waals surface area contributed by atoms with Crippen LogP contribution in [-0.4, -0.2) is 28.4 Å². The zero-order chi connectivity index (χ0) is 14.2. The van der Waals surface area contributed by atoms with Gasteiger partial charge in [0.2, 0.25) is 15.0 Å². The molecule has 0 saturated heterocycles. The molecule has 0 radical (unpaired) electrons. The smallest absolute Gasteiger partial charge is 0.226 e. The van der Waals surface area contributed by atoms with Crippen LogP contribution >= 0.6 is 0 Å². The standard InChI is InChI=1S/C13H12N4O2S/c1-9-12(15-7-6-14-9)8-20(18,19)13-16-10-4-2-3-5-11(10)17-13/h2-7H,8H2,1H3,(H,16,17). The van der Waals surface area contributed by atoms with Gasteiger partial charge in [0, 0.05) is 12.4 Å². The molecular weight excluding hydrogens is 276 g/mol. The molecule has 0 fully saturated rings. The lowest BCUT2D eigenvalue weighted by Gasteiger charge is -2.02. The Kier molecular flexibility index (Phi) is 2.98. The van der Waals surface area contributed by atoms with E-state index in [1.807, 2.05) is 12.1 Å². The number of rotatable bonds is 3. The highest BCUT2D eigenvalue weighted by Gasteiger charge is 2.21. The topological polar surface area (TPSA) is 88.6 Å². The van der Waals surface area contributed by atoms with Gasteiger partial charge >= 0.3 is 0 Å². The number of fused-ring (bicyclic) bond motifs is 1. The van der Waals surface area contributed by atoms with Crippen LogP contribution in [0, 0.1) is 6.92 Å². The van der Waals surface area contributed by atoms with Crippen LogP contribution in [0.5, 0.6) is 0 Å². The molecule has 0 amide bonds. The van der Waals surface area contributed by atoms with Crippen LogP contribution in [0.25, 0.3) is 11.0 Å². The van der Waals surface area contributed by atoms with Crippen molar-refractivity contribution >= 4 is 20.9 Å². The van der Waals surface area contributed by atoms with Gasteiger partial charge in [0.15, 0.2) is 0 Å². The largest absolute Gasteiger partial charge is 0.329 e. The van der Waals surface area contributed by atoms with E-state index in [2.05, 4.69) is 19.9 Å². The molecule has 102 valence electrons. The molecule has 2 aromatic heterocycles. The third-order valence-corrected chi connectivity index (χ3v) is 4.41. The van der Waals surface area contributed by atoms with Gasteiger partial charge in [-0.15, -0.1) is 0 Å². The summed E-state index contributed by atoms with van der Waals surface area (Å²) in [4.78, 5) is 15.0. The molecule has 0 atom stereocenters.